The maximum Gasteiger partial charge on any atom is 0.309 e. The molecule has 1 saturated heterocycles. The number of benzene rings is 2. The van der Waals surface area contributed by atoms with E-state index in [1.807, 2.05) is 36.4 Å². The Bertz CT molecular complexity index is 678. The number of carbonyl (C=O) groups is 1. The first-order valence-electron chi connectivity index (χ1n) is 7.73. The number of phenols is 1. The molecule has 1 aliphatic heterocycles. The summed E-state index contributed by atoms with van der Waals surface area (Å²) in [5.41, 5.74) is 2.17. The van der Waals surface area contributed by atoms with Crippen molar-refractivity contribution in [2.24, 2.45) is 11.8 Å². The maximum atomic E-state index is 12.1. The third-order valence-electron chi connectivity index (χ3n) is 4.34. The van der Waals surface area contributed by atoms with Crippen LogP contribution in [0.3, 0.4) is 0 Å². The SMILES string of the molecule is COc1cccc(CC2COC(=O)C2Cc2ccc(O)cc2)c1. The van der Waals surface area contributed by atoms with Gasteiger partial charge in [0.25, 0.3) is 0 Å². The molecule has 4 heteroatoms. The lowest BCUT2D eigenvalue weighted by Gasteiger charge is -2.16. The lowest BCUT2D eigenvalue weighted by atomic mass is 9.85. The minimum absolute atomic E-state index is 0.133. The molecule has 3 rings (SSSR count). The zero-order valence-corrected chi connectivity index (χ0v) is 13.1. The average molecular weight is 312 g/mol. The first kappa shape index (κ1) is 15.4. The number of hydrogen-bond acceptors (Lipinski definition) is 4. The first-order chi connectivity index (χ1) is 11.2. The van der Waals surface area contributed by atoms with Crippen LogP contribution in [0.5, 0.6) is 11.5 Å². The average Bonchev–Trinajstić information content (AvgIpc) is 2.90. The molecule has 23 heavy (non-hydrogen) atoms. The largest absolute Gasteiger partial charge is 0.508 e. The van der Waals surface area contributed by atoms with E-state index in [-0.39, 0.29) is 23.6 Å². The predicted octanol–water partition coefficient (Wildman–Crippen LogP) is 2.98. The van der Waals surface area contributed by atoms with Gasteiger partial charge >= 0.3 is 5.97 Å². The van der Waals surface area contributed by atoms with Gasteiger partial charge in [-0.1, -0.05) is 24.3 Å². The zero-order chi connectivity index (χ0) is 16.2. The second kappa shape index (κ2) is 6.73. The van der Waals surface area contributed by atoms with Crippen molar-refractivity contribution in [2.45, 2.75) is 12.8 Å². The Morgan fingerprint density at radius 2 is 1.91 bits per heavy atom. The summed E-state index contributed by atoms with van der Waals surface area (Å²) in [5.74, 6) is 0.929. The molecule has 1 heterocycles. The highest BCUT2D eigenvalue weighted by atomic mass is 16.5. The molecule has 0 saturated carbocycles. The molecular formula is C19H20O4. The summed E-state index contributed by atoms with van der Waals surface area (Å²) in [6.45, 7) is 0.457. The number of ether oxygens (including phenoxy) is 2. The molecule has 0 spiro atoms. The van der Waals surface area contributed by atoms with Crippen LogP contribution in [0.15, 0.2) is 48.5 Å². The molecule has 0 radical (unpaired) electrons. The number of cyclic esters (lactones) is 1. The van der Waals surface area contributed by atoms with Gasteiger partial charge in [0.2, 0.25) is 0 Å². The van der Waals surface area contributed by atoms with E-state index in [9.17, 15) is 9.90 Å². The van der Waals surface area contributed by atoms with Crippen LogP contribution in [-0.4, -0.2) is 24.8 Å². The van der Waals surface area contributed by atoms with E-state index < -0.39 is 0 Å². The molecule has 2 aromatic carbocycles. The standard InChI is InChI=1S/C19H20O4/c1-22-17-4-2-3-14(10-17)9-15-12-23-19(21)18(15)11-13-5-7-16(20)8-6-13/h2-8,10,15,18,20H,9,11-12H2,1H3. The van der Waals surface area contributed by atoms with E-state index >= 15 is 0 Å². The highest BCUT2D eigenvalue weighted by Gasteiger charge is 2.36. The number of carbonyl (C=O) groups excluding carboxylic acids is 1. The van der Waals surface area contributed by atoms with Crippen molar-refractivity contribution in [3.05, 3.63) is 59.7 Å². The number of esters is 1. The van der Waals surface area contributed by atoms with Crippen molar-refractivity contribution >= 4 is 5.97 Å². The van der Waals surface area contributed by atoms with Gasteiger partial charge in [-0.05, 0) is 48.2 Å². The van der Waals surface area contributed by atoms with E-state index in [0.717, 1.165) is 23.3 Å². The molecule has 1 fully saturated rings. The van der Waals surface area contributed by atoms with Gasteiger partial charge < -0.3 is 14.6 Å². The topological polar surface area (TPSA) is 55.8 Å². The first-order valence-corrected chi connectivity index (χ1v) is 7.73. The number of phenolic OH excluding ortho intramolecular Hbond substituents is 1. The maximum absolute atomic E-state index is 12.1. The Morgan fingerprint density at radius 3 is 2.65 bits per heavy atom. The molecule has 0 bridgehead atoms. The van der Waals surface area contributed by atoms with Gasteiger partial charge in [0, 0.05) is 5.92 Å². The van der Waals surface area contributed by atoms with Gasteiger partial charge in [-0.25, -0.2) is 0 Å². The zero-order valence-electron chi connectivity index (χ0n) is 13.1. The van der Waals surface area contributed by atoms with Crippen LogP contribution >= 0.6 is 0 Å². The molecule has 1 N–H and O–H groups in total. The second-order valence-corrected chi connectivity index (χ2v) is 5.92. The van der Waals surface area contributed by atoms with Crippen molar-refractivity contribution in [3.8, 4) is 11.5 Å². The molecule has 0 amide bonds. The van der Waals surface area contributed by atoms with Crippen molar-refractivity contribution in [1.29, 1.82) is 0 Å². The summed E-state index contributed by atoms with van der Waals surface area (Å²) in [6.07, 6.45) is 1.42. The van der Waals surface area contributed by atoms with Gasteiger partial charge in [-0.3, -0.25) is 4.79 Å². The van der Waals surface area contributed by atoms with Crippen molar-refractivity contribution < 1.29 is 19.4 Å². The smallest absolute Gasteiger partial charge is 0.309 e. The van der Waals surface area contributed by atoms with E-state index in [2.05, 4.69) is 0 Å². The van der Waals surface area contributed by atoms with Crippen LogP contribution < -0.4 is 4.74 Å². The molecular weight excluding hydrogens is 292 g/mol. The minimum Gasteiger partial charge on any atom is -0.508 e. The van der Waals surface area contributed by atoms with Crippen LogP contribution in [0.2, 0.25) is 0 Å². The highest BCUT2D eigenvalue weighted by molar-refractivity contribution is 5.75. The van der Waals surface area contributed by atoms with Crippen molar-refractivity contribution in [1.82, 2.24) is 0 Å². The Balaban J connectivity index is 1.72. The minimum atomic E-state index is -0.147. The van der Waals surface area contributed by atoms with E-state index in [4.69, 9.17) is 9.47 Å². The Morgan fingerprint density at radius 1 is 1.13 bits per heavy atom. The van der Waals surface area contributed by atoms with Crippen LogP contribution in [0.25, 0.3) is 0 Å². The normalized spacial score (nSPS) is 20.3. The Labute approximate surface area is 135 Å². The summed E-state index contributed by atoms with van der Waals surface area (Å²) in [5, 5.41) is 9.36. The summed E-state index contributed by atoms with van der Waals surface area (Å²) in [7, 11) is 1.65. The third kappa shape index (κ3) is 3.65. The molecule has 0 aliphatic carbocycles. The fraction of sp³-hybridized carbons (Fsp3) is 0.316. The summed E-state index contributed by atoms with van der Waals surface area (Å²) >= 11 is 0. The summed E-state index contributed by atoms with van der Waals surface area (Å²) in [6, 6.07) is 14.9. The van der Waals surface area contributed by atoms with E-state index in [1.54, 1.807) is 19.2 Å². The lowest BCUT2D eigenvalue weighted by Crippen LogP contribution is -2.20. The second-order valence-electron chi connectivity index (χ2n) is 5.92. The summed E-state index contributed by atoms with van der Waals surface area (Å²) < 4.78 is 10.5. The quantitative estimate of drug-likeness (QED) is 0.862. The van der Waals surface area contributed by atoms with Crippen LogP contribution in [0.1, 0.15) is 11.1 Å². The molecule has 1 aliphatic rings. The molecule has 2 aromatic rings. The highest BCUT2D eigenvalue weighted by Crippen LogP contribution is 2.30. The van der Waals surface area contributed by atoms with Gasteiger partial charge in [0.05, 0.1) is 19.6 Å². The fourth-order valence-corrected chi connectivity index (χ4v) is 3.04. The van der Waals surface area contributed by atoms with Crippen LogP contribution in [0.4, 0.5) is 0 Å². The predicted molar refractivity (Wildman–Crippen MR) is 86.4 cm³/mol. The third-order valence-corrected chi connectivity index (χ3v) is 4.34. The van der Waals surface area contributed by atoms with Gasteiger partial charge in [0.15, 0.2) is 0 Å². The monoisotopic (exact) mass is 312 g/mol. The number of aromatic hydroxyl groups is 1. The molecule has 2 unspecified atom stereocenters. The molecule has 120 valence electrons. The van der Waals surface area contributed by atoms with Gasteiger partial charge in [0.1, 0.15) is 11.5 Å². The molecule has 0 aromatic heterocycles. The van der Waals surface area contributed by atoms with Crippen LogP contribution in [-0.2, 0) is 22.4 Å². The van der Waals surface area contributed by atoms with E-state index in [0.29, 0.717) is 13.0 Å². The van der Waals surface area contributed by atoms with Crippen LogP contribution in [0, 0.1) is 11.8 Å². The Kier molecular flexibility index (Phi) is 4.51. The summed E-state index contributed by atoms with van der Waals surface area (Å²) in [4.78, 5) is 12.1. The number of methoxy groups -OCH3 is 1. The molecule has 2 atom stereocenters. The molecule has 4 nitrogen and oxygen atoms in total. The van der Waals surface area contributed by atoms with Gasteiger partial charge in [-0.2, -0.15) is 0 Å². The Hall–Kier alpha value is -2.49. The fourth-order valence-electron chi connectivity index (χ4n) is 3.04. The van der Waals surface area contributed by atoms with Gasteiger partial charge in [-0.15, -0.1) is 0 Å². The van der Waals surface area contributed by atoms with Crippen molar-refractivity contribution in [2.75, 3.05) is 13.7 Å². The van der Waals surface area contributed by atoms with E-state index in [1.165, 1.54) is 0 Å². The lowest BCUT2D eigenvalue weighted by molar-refractivity contribution is -0.141. The van der Waals surface area contributed by atoms with Crippen molar-refractivity contribution in [3.63, 3.8) is 0 Å². The number of rotatable bonds is 5. The number of hydrogen-bond donors (Lipinski definition) is 1.